The Morgan fingerprint density at radius 2 is 1.71 bits per heavy atom. The second-order valence-corrected chi connectivity index (χ2v) is 7.34. The van der Waals surface area contributed by atoms with E-state index in [0.717, 1.165) is 22.0 Å². The molecule has 0 spiro atoms. The van der Waals surface area contributed by atoms with Crippen molar-refractivity contribution in [1.29, 1.82) is 0 Å². The van der Waals surface area contributed by atoms with Gasteiger partial charge in [0, 0.05) is 31.3 Å². The van der Waals surface area contributed by atoms with E-state index in [0.29, 0.717) is 18.1 Å². The first kappa shape index (κ1) is 16.5. The quantitative estimate of drug-likeness (QED) is 0.627. The third kappa shape index (κ3) is 3.00. The number of fused-ring (bicyclic) bond motifs is 1. The van der Waals surface area contributed by atoms with Gasteiger partial charge in [0.05, 0.1) is 9.82 Å². The maximum Gasteiger partial charge on any atom is 0.269 e. The highest BCUT2D eigenvalue weighted by atomic mass is 32.2. The van der Waals surface area contributed by atoms with Crippen LogP contribution in [0.15, 0.2) is 41.3 Å². The maximum atomic E-state index is 13.3. The molecule has 1 aliphatic heterocycles. The highest BCUT2D eigenvalue weighted by molar-refractivity contribution is 7.89. The lowest BCUT2D eigenvalue weighted by Crippen LogP contribution is -2.36. The monoisotopic (exact) mass is 354 g/mol. The van der Waals surface area contributed by atoms with Gasteiger partial charge in [-0.2, -0.15) is 4.31 Å². The van der Waals surface area contributed by atoms with Crippen molar-refractivity contribution in [3.63, 3.8) is 0 Å². The molecule has 126 valence electrons. The zero-order valence-corrected chi connectivity index (χ0v) is 13.1. The summed E-state index contributed by atoms with van der Waals surface area (Å²) in [7, 11) is -4.10. The zero-order chi connectivity index (χ0) is 17.5. The van der Waals surface area contributed by atoms with Gasteiger partial charge < -0.3 is 0 Å². The minimum atomic E-state index is -4.10. The number of rotatable bonds is 3. The Balaban J connectivity index is 1.96. The number of nitrogens with zero attached hydrogens (tertiary/aromatic N) is 2. The third-order valence-electron chi connectivity index (χ3n) is 3.85. The highest BCUT2D eigenvalue weighted by Gasteiger charge is 2.30. The van der Waals surface area contributed by atoms with Gasteiger partial charge in [0.1, 0.15) is 11.6 Å². The van der Waals surface area contributed by atoms with Crippen molar-refractivity contribution >= 4 is 15.7 Å². The van der Waals surface area contributed by atoms with Crippen molar-refractivity contribution in [3.8, 4) is 0 Å². The molecule has 0 aliphatic carbocycles. The third-order valence-corrected chi connectivity index (χ3v) is 5.67. The summed E-state index contributed by atoms with van der Waals surface area (Å²) in [6.45, 7) is 0.0444. The van der Waals surface area contributed by atoms with E-state index < -0.39 is 31.5 Å². The van der Waals surface area contributed by atoms with E-state index in [-0.39, 0.29) is 18.8 Å². The fraction of sp³-hybridized carbons (Fsp3) is 0.200. The minimum Gasteiger partial charge on any atom is -0.258 e. The Hall–Kier alpha value is -2.39. The van der Waals surface area contributed by atoms with Gasteiger partial charge in [-0.1, -0.05) is 6.07 Å². The van der Waals surface area contributed by atoms with E-state index in [4.69, 9.17) is 0 Å². The zero-order valence-electron chi connectivity index (χ0n) is 12.3. The van der Waals surface area contributed by atoms with Crippen LogP contribution in [0.5, 0.6) is 0 Å². The molecular formula is C15H12F2N2O4S. The van der Waals surface area contributed by atoms with Crippen LogP contribution in [-0.4, -0.2) is 24.2 Å². The lowest BCUT2D eigenvalue weighted by Gasteiger charge is -2.28. The van der Waals surface area contributed by atoms with Crippen LogP contribution in [-0.2, 0) is 23.0 Å². The Kier molecular flexibility index (Phi) is 4.06. The first-order chi connectivity index (χ1) is 11.3. The van der Waals surface area contributed by atoms with Crippen molar-refractivity contribution in [2.24, 2.45) is 0 Å². The van der Waals surface area contributed by atoms with E-state index in [1.54, 1.807) is 6.07 Å². The molecule has 0 aromatic heterocycles. The molecule has 6 nitrogen and oxygen atoms in total. The van der Waals surface area contributed by atoms with Crippen molar-refractivity contribution in [2.75, 3.05) is 6.54 Å². The number of hydrogen-bond donors (Lipinski definition) is 0. The molecule has 0 bridgehead atoms. The van der Waals surface area contributed by atoms with Crippen molar-refractivity contribution in [3.05, 3.63) is 69.3 Å². The number of non-ortho nitro benzene ring substituents is 1. The molecule has 24 heavy (non-hydrogen) atoms. The average molecular weight is 354 g/mol. The lowest BCUT2D eigenvalue weighted by atomic mass is 10.0. The number of nitro groups is 1. The fourth-order valence-electron chi connectivity index (χ4n) is 2.66. The lowest BCUT2D eigenvalue weighted by molar-refractivity contribution is -0.385. The van der Waals surface area contributed by atoms with Gasteiger partial charge in [0.15, 0.2) is 0 Å². The SMILES string of the molecule is O=[N+]([O-])c1ccc2c(c1)CN(S(=O)(=O)c1cc(F)cc(F)c1)CC2. The molecule has 0 saturated carbocycles. The number of sulfonamides is 1. The van der Waals surface area contributed by atoms with Crippen molar-refractivity contribution in [2.45, 2.75) is 17.9 Å². The number of halogens is 2. The first-order valence-electron chi connectivity index (χ1n) is 7.00. The smallest absolute Gasteiger partial charge is 0.258 e. The van der Waals surface area contributed by atoms with Crippen LogP contribution >= 0.6 is 0 Å². The Labute approximate surface area is 136 Å². The standard InChI is InChI=1S/C15H12F2N2O4S/c16-12-6-13(17)8-15(7-12)24(22,23)18-4-3-10-1-2-14(19(20)21)5-11(10)9-18/h1-2,5-8H,3-4,9H2. The molecule has 1 heterocycles. The minimum absolute atomic E-state index is 0.0858. The van der Waals surface area contributed by atoms with Crippen LogP contribution in [0.2, 0.25) is 0 Å². The topological polar surface area (TPSA) is 80.5 Å². The average Bonchev–Trinajstić information content (AvgIpc) is 2.52. The summed E-state index contributed by atoms with van der Waals surface area (Å²) < 4.78 is 52.8. The van der Waals surface area contributed by atoms with E-state index in [2.05, 4.69) is 0 Å². The molecule has 0 radical (unpaired) electrons. The first-order valence-corrected chi connectivity index (χ1v) is 8.44. The van der Waals surface area contributed by atoms with Crippen molar-refractivity contribution in [1.82, 2.24) is 4.31 Å². The van der Waals surface area contributed by atoms with Gasteiger partial charge >= 0.3 is 0 Å². The second-order valence-electron chi connectivity index (χ2n) is 5.40. The fourth-order valence-corrected chi connectivity index (χ4v) is 4.12. The molecule has 2 aromatic rings. The van der Waals surface area contributed by atoms with Crippen LogP contribution in [0, 0.1) is 21.7 Å². The summed E-state index contributed by atoms with van der Waals surface area (Å²) in [6.07, 6.45) is 0.365. The number of nitro benzene ring substituents is 1. The molecule has 2 aromatic carbocycles. The van der Waals surface area contributed by atoms with Gasteiger partial charge in [0.2, 0.25) is 10.0 Å². The summed E-state index contributed by atoms with van der Waals surface area (Å²) in [6, 6.07) is 6.38. The summed E-state index contributed by atoms with van der Waals surface area (Å²) in [5, 5.41) is 10.9. The van der Waals surface area contributed by atoms with Crippen LogP contribution in [0.1, 0.15) is 11.1 Å². The normalized spacial score (nSPS) is 15.1. The highest BCUT2D eigenvalue weighted by Crippen LogP contribution is 2.28. The molecule has 0 N–H and O–H groups in total. The summed E-state index contributed by atoms with van der Waals surface area (Å²) in [4.78, 5) is 9.81. The summed E-state index contributed by atoms with van der Waals surface area (Å²) in [5.41, 5.74) is 1.19. The molecule has 0 saturated heterocycles. The van der Waals surface area contributed by atoms with E-state index in [1.807, 2.05) is 0 Å². The molecule has 0 atom stereocenters. The summed E-state index contributed by atoms with van der Waals surface area (Å²) >= 11 is 0. The van der Waals surface area contributed by atoms with Gasteiger partial charge in [-0.15, -0.1) is 0 Å². The molecule has 0 unspecified atom stereocenters. The summed E-state index contributed by atoms with van der Waals surface area (Å²) in [5.74, 6) is -1.97. The van der Waals surface area contributed by atoms with E-state index in [1.165, 1.54) is 12.1 Å². The molecular weight excluding hydrogens is 342 g/mol. The van der Waals surface area contributed by atoms with Gasteiger partial charge in [-0.25, -0.2) is 17.2 Å². The maximum absolute atomic E-state index is 13.3. The van der Waals surface area contributed by atoms with Crippen LogP contribution in [0.3, 0.4) is 0 Å². The molecule has 3 rings (SSSR count). The van der Waals surface area contributed by atoms with E-state index >= 15 is 0 Å². The molecule has 1 aliphatic rings. The number of hydrogen-bond acceptors (Lipinski definition) is 4. The second kappa shape index (κ2) is 5.91. The molecule has 0 amide bonds. The Bertz CT molecular complexity index is 911. The predicted octanol–water partition coefficient (Wildman–Crippen LogP) is 2.62. The van der Waals surface area contributed by atoms with Gasteiger partial charge in [0.25, 0.3) is 5.69 Å². The Morgan fingerprint density at radius 3 is 2.33 bits per heavy atom. The number of benzene rings is 2. The predicted molar refractivity (Wildman–Crippen MR) is 80.8 cm³/mol. The largest absolute Gasteiger partial charge is 0.269 e. The van der Waals surface area contributed by atoms with Gasteiger partial charge in [-0.3, -0.25) is 10.1 Å². The van der Waals surface area contributed by atoms with Crippen LogP contribution in [0.4, 0.5) is 14.5 Å². The molecule has 9 heteroatoms. The van der Waals surface area contributed by atoms with E-state index in [9.17, 15) is 27.3 Å². The Morgan fingerprint density at radius 1 is 1.04 bits per heavy atom. The van der Waals surface area contributed by atoms with Crippen molar-refractivity contribution < 1.29 is 22.1 Å². The van der Waals surface area contributed by atoms with Crippen LogP contribution < -0.4 is 0 Å². The van der Waals surface area contributed by atoms with Crippen LogP contribution in [0.25, 0.3) is 0 Å². The molecule has 0 fully saturated rings. The van der Waals surface area contributed by atoms with Gasteiger partial charge in [-0.05, 0) is 29.7 Å².